The van der Waals surface area contributed by atoms with Gasteiger partial charge >= 0.3 is 0 Å². The Morgan fingerprint density at radius 2 is 2.00 bits per heavy atom. The fraction of sp³-hybridized carbons (Fsp3) is 0.143. The summed E-state index contributed by atoms with van der Waals surface area (Å²) in [7, 11) is 0. The SMILES string of the molecule is C[C@@H](NC(=O)c1ccc[nH]c1=O)c1ccccc1F. The van der Waals surface area contributed by atoms with Crippen LogP contribution in [0.3, 0.4) is 0 Å². The zero-order valence-corrected chi connectivity index (χ0v) is 10.3. The molecule has 19 heavy (non-hydrogen) atoms. The number of amides is 1. The summed E-state index contributed by atoms with van der Waals surface area (Å²) in [6.45, 7) is 1.66. The van der Waals surface area contributed by atoms with Crippen LogP contribution < -0.4 is 10.9 Å². The molecule has 0 saturated heterocycles. The molecule has 0 aliphatic heterocycles. The van der Waals surface area contributed by atoms with Crippen molar-refractivity contribution < 1.29 is 9.18 Å². The Kier molecular flexibility index (Phi) is 3.75. The molecule has 5 heteroatoms. The highest BCUT2D eigenvalue weighted by atomic mass is 19.1. The van der Waals surface area contributed by atoms with Crippen molar-refractivity contribution in [1.82, 2.24) is 10.3 Å². The van der Waals surface area contributed by atoms with Gasteiger partial charge in [-0.1, -0.05) is 18.2 Å². The zero-order valence-electron chi connectivity index (χ0n) is 10.3. The van der Waals surface area contributed by atoms with Crippen LogP contribution in [0.4, 0.5) is 4.39 Å². The van der Waals surface area contributed by atoms with Crippen molar-refractivity contribution in [2.45, 2.75) is 13.0 Å². The molecule has 0 aliphatic carbocycles. The van der Waals surface area contributed by atoms with E-state index < -0.39 is 23.3 Å². The van der Waals surface area contributed by atoms with Crippen LogP contribution in [-0.2, 0) is 0 Å². The predicted octanol–water partition coefficient (Wildman–Crippen LogP) is 2.00. The van der Waals surface area contributed by atoms with Crippen LogP contribution in [0.2, 0.25) is 0 Å². The van der Waals surface area contributed by atoms with E-state index in [0.717, 1.165) is 0 Å². The summed E-state index contributed by atoms with van der Waals surface area (Å²) in [4.78, 5) is 25.8. The molecule has 0 radical (unpaired) electrons. The first kappa shape index (κ1) is 13.0. The second-order valence-corrected chi connectivity index (χ2v) is 4.13. The lowest BCUT2D eigenvalue weighted by atomic mass is 10.1. The normalized spacial score (nSPS) is 11.9. The molecule has 1 heterocycles. The topological polar surface area (TPSA) is 62.0 Å². The summed E-state index contributed by atoms with van der Waals surface area (Å²) in [6, 6.07) is 8.65. The van der Waals surface area contributed by atoms with E-state index in [-0.39, 0.29) is 5.56 Å². The molecule has 0 fully saturated rings. The minimum atomic E-state index is -0.530. The molecule has 1 atom stereocenters. The Bertz CT molecular complexity index is 652. The van der Waals surface area contributed by atoms with Gasteiger partial charge in [-0.2, -0.15) is 0 Å². The third-order valence-electron chi connectivity index (χ3n) is 2.78. The monoisotopic (exact) mass is 260 g/mol. The second kappa shape index (κ2) is 5.48. The number of carbonyl (C=O) groups excluding carboxylic acids is 1. The van der Waals surface area contributed by atoms with Gasteiger partial charge in [-0.05, 0) is 25.1 Å². The molecule has 0 spiro atoms. The van der Waals surface area contributed by atoms with Crippen LogP contribution in [0.1, 0.15) is 28.9 Å². The maximum Gasteiger partial charge on any atom is 0.260 e. The van der Waals surface area contributed by atoms with Crippen molar-refractivity contribution in [3.8, 4) is 0 Å². The number of benzene rings is 1. The lowest BCUT2D eigenvalue weighted by Gasteiger charge is -2.14. The van der Waals surface area contributed by atoms with Gasteiger partial charge < -0.3 is 10.3 Å². The minimum absolute atomic E-state index is 0.00527. The van der Waals surface area contributed by atoms with Gasteiger partial charge in [0.25, 0.3) is 11.5 Å². The zero-order chi connectivity index (χ0) is 13.8. The van der Waals surface area contributed by atoms with Crippen LogP contribution in [0.15, 0.2) is 47.4 Å². The summed E-state index contributed by atoms with van der Waals surface area (Å²) >= 11 is 0. The van der Waals surface area contributed by atoms with E-state index in [2.05, 4.69) is 10.3 Å². The molecule has 0 unspecified atom stereocenters. The summed E-state index contributed by atoms with van der Waals surface area (Å²) in [5, 5.41) is 2.60. The smallest absolute Gasteiger partial charge is 0.260 e. The second-order valence-electron chi connectivity index (χ2n) is 4.13. The molecule has 2 aromatic rings. The van der Waals surface area contributed by atoms with Crippen LogP contribution in [0, 0.1) is 5.82 Å². The number of halogens is 1. The number of nitrogens with one attached hydrogen (secondary N) is 2. The fourth-order valence-electron chi connectivity index (χ4n) is 1.78. The summed E-state index contributed by atoms with van der Waals surface area (Å²) in [6.07, 6.45) is 1.44. The van der Waals surface area contributed by atoms with E-state index in [1.807, 2.05) is 0 Å². The lowest BCUT2D eigenvalue weighted by molar-refractivity contribution is 0.0938. The van der Waals surface area contributed by atoms with Gasteiger partial charge in [-0.3, -0.25) is 9.59 Å². The third kappa shape index (κ3) is 2.88. The molecular weight excluding hydrogens is 247 g/mol. The summed E-state index contributed by atoms with van der Waals surface area (Å²) in [5.74, 6) is -0.921. The average Bonchev–Trinajstić information content (AvgIpc) is 2.39. The Morgan fingerprint density at radius 1 is 1.26 bits per heavy atom. The van der Waals surface area contributed by atoms with Crippen molar-refractivity contribution in [2.24, 2.45) is 0 Å². The van der Waals surface area contributed by atoms with Crippen molar-refractivity contribution in [2.75, 3.05) is 0 Å². The molecule has 2 N–H and O–H groups in total. The first-order valence-electron chi connectivity index (χ1n) is 5.82. The molecule has 2 rings (SSSR count). The van der Waals surface area contributed by atoms with E-state index in [4.69, 9.17) is 0 Å². The number of carbonyl (C=O) groups is 1. The Balaban J connectivity index is 2.18. The average molecular weight is 260 g/mol. The molecule has 1 aromatic heterocycles. The lowest BCUT2D eigenvalue weighted by Crippen LogP contribution is -2.31. The van der Waals surface area contributed by atoms with E-state index in [0.29, 0.717) is 5.56 Å². The number of aromatic nitrogens is 1. The molecule has 0 saturated carbocycles. The van der Waals surface area contributed by atoms with Gasteiger partial charge in [0.1, 0.15) is 11.4 Å². The molecule has 1 aromatic carbocycles. The quantitative estimate of drug-likeness (QED) is 0.886. The summed E-state index contributed by atoms with van der Waals surface area (Å²) < 4.78 is 13.6. The maximum absolute atomic E-state index is 13.6. The fourth-order valence-corrected chi connectivity index (χ4v) is 1.78. The molecule has 4 nitrogen and oxygen atoms in total. The number of hydrogen-bond donors (Lipinski definition) is 2. The first-order chi connectivity index (χ1) is 9.09. The van der Waals surface area contributed by atoms with Crippen LogP contribution >= 0.6 is 0 Å². The molecular formula is C14H13FN2O2. The third-order valence-corrected chi connectivity index (χ3v) is 2.78. The molecule has 1 amide bonds. The first-order valence-corrected chi connectivity index (χ1v) is 5.82. The predicted molar refractivity (Wildman–Crippen MR) is 69.3 cm³/mol. The van der Waals surface area contributed by atoms with Crippen LogP contribution in [0.5, 0.6) is 0 Å². The number of rotatable bonds is 3. The van der Waals surface area contributed by atoms with Gasteiger partial charge in [-0.25, -0.2) is 4.39 Å². The highest BCUT2D eigenvalue weighted by molar-refractivity contribution is 5.93. The largest absolute Gasteiger partial charge is 0.345 e. The van der Waals surface area contributed by atoms with E-state index >= 15 is 0 Å². The van der Waals surface area contributed by atoms with Gasteiger partial charge in [0.15, 0.2) is 0 Å². The minimum Gasteiger partial charge on any atom is -0.345 e. The van der Waals surface area contributed by atoms with Crippen molar-refractivity contribution in [3.05, 3.63) is 69.9 Å². The molecule has 0 bridgehead atoms. The van der Waals surface area contributed by atoms with Crippen LogP contribution in [-0.4, -0.2) is 10.9 Å². The van der Waals surface area contributed by atoms with Crippen molar-refractivity contribution >= 4 is 5.91 Å². The van der Waals surface area contributed by atoms with Crippen LogP contribution in [0.25, 0.3) is 0 Å². The number of H-pyrrole nitrogens is 1. The van der Waals surface area contributed by atoms with E-state index in [9.17, 15) is 14.0 Å². The van der Waals surface area contributed by atoms with E-state index in [1.165, 1.54) is 18.3 Å². The Morgan fingerprint density at radius 3 is 2.68 bits per heavy atom. The molecule has 0 aliphatic rings. The van der Waals surface area contributed by atoms with Gasteiger partial charge in [0, 0.05) is 11.8 Å². The standard InChI is InChI=1S/C14H13FN2O2/c1-9(10-5-2-3-7-12(10)15)17-14(19)11-6-4-8-16-13(11)18/h2-9H,1H3,(H,16,18)(H,17,19)/t9-/m1/s1. The van der Waals surface area contributed by atoms with Crippen molar-refractivity contribution in [1.29, 1.82) is 0 Å². The maximum atomic E-state index is 13.6. The Hall–Kier alpha value is -2.43. The van der Waals surface area contributed by atoms with Gasteiger partial charge in [-0.15, -0.1) is 0 Å². The highest BCUT2D eigenvalue weighted by Crippen LogP contribution is 2.16. The number of hydrogen-bond acceptors (Lipinski definition) is 2. The van der Waals surface area contributed by atoms with Crippen molar-refractivity contribution in [3.63, 3.8) is 0 Å². The van der Waals surface area contributed by atoms with E-state index in [1.54, 1.807) is 31.2 Å². The highest BCUT2D eigenvalue weighted by Gasteiger charge is 2.15. The number of pyridine rings is 1. The molecule has 98 valence electrons. The Labute approximate surface area is 109 Å². The van der Waals surface area contributed by atoms with Gasteiger partial charge in [0.05, 0.1) is 6.04 Å². The number of aromatic amines is 1. The van der Waals surface area contributed by atoms with Gasteiger partial charge in [0.2, 0.25) is 0 Å². The summed E-state index contributed by atoms with van der Waals surface area (Å²) in [5.41, 5.74) is -0.0883.